The molecule has 2 aromatic rings. The number of hydrogen-bond acceptors (Lipinski definition) is 7. The number of carbonyl (C=O) groups is 1. The van der Waals surface area contributed by atoms with Crippen LogP contribution in [0, 0.1) is 10.1 Å². The standard InChI is InChI=1S/C20H22N2O7/c1-4-27-19-11-15(22(24)25)14(10-17(19)26-3)20(23)21-12(2)13-5-6-16-18(9-13)29-8-7-28-16/h5-6,9-12H,4,7-8H2,1-3H3,(H,21,23). The van der Waals surface area contributed by atoms with Gasteiger partial charge >= 0.3 is 0 Å². The Kier molecular flexibility index (Phi) is 6.06. The van der Waals surface area contributed by atoms with E-state index in [1.54, 1.807) is 26.0 Å². The van der Waals surface area contributed by atoms with Gasteiger partial charge in [-0.3, -0.25) is 14.9 Å². The molecule has 29 heavy (non-hydrogen) atoms. The van der Waals surface area contributed by atoms with Crippen molar-refractivity contribution in [3.63, 3.8) is 0 Å². The van der Waals surface area contributed by atoms with E-state index in [4.69, 9.17) is 18.9 Å². The highest BCUT2D eigenvalue weighted by atomic mass is 16.6. The Balaban J connectivity index is 1.86. The summed E-state index contributed by atoms with van der Waals surface area (Å²) in [4.78, 5) is 23.7. The van der Waals surface area contributed by atoms with Crippen molar-refractivity contribution in [2.24, 2.45) is 0 Å². The Morgan fingerprint density at radius 3 is 2.59 bits per heavy atom. The van der Waals surface area contributed by atoms with Crippen LogP contribution in [0.3, 0.4) is 0 Å². The molecule has 0 spiro atoms. The molecule has 0 bridgehead atoms. The van der Waals surface area contributed by atoms with Crippen LogP contribution in [0.2, 0.25) is 0 Å². The quantitative estimate of drug-likeness (QED) is 0.559. The van der Waals surface area contributed by atoms with E-state index < -0.39 is 16.9 Å². The molecule has 0 fully saturated rings. The number of nitrogens with one attached hydrogen (secondary N) is 1. The fourth-order valence-corrected chi connectivity index (χ4v) is 3.00. The maximum atomic E-state index is 12.8. The van der Waals surface area contributed by atoms with Crippen molar-refractivity contribution in [3.8, 4) is 23.0 Å². The lowest BCUT2D eigenvalue weighted by atomic mass is 10.1. The number of hydrogen-bond donors (Lipinski definition) is 1. The molecule has 2 aromatic carbocycles. The summed E-state index contributed by atoms with van der Waals surface area (Å²) in [5.74, 6) is 1.10. The molecule has 9 heteroatoms. The van der Waals surface area contributed by atoms with Gasteiger partial charge in [0.2, 0.25) is 0 Å². The number of benzene rings is 2. The minimum Gasteiger partial charge on any atom is -0.493 e. The zero-order chi connectivity index (χ0) is 21.0. The summed E-state index contributed by atoms with van der Waals surface area (Å²) in [6.45, 7) is 4.78. The number of nitro benzene ring substituents is 1. The molecule has 1 aliphatic heterocycles. The van der Waals surface area contributed by atoms with E-state index in [2.05, 4.69) is 5.32 Å². The van der Waals surface area contributed by atoms with Crippen molar-refractivity contribution in [1.82, 2.24) is 5.32 Å². The third-order valence-electron chi connectivity index (χ3n) is 4.44. The predicted octanol–water partition coefficient (Wildman–Crippen LogP) is 3.26. The van der Waals surface area contributed by atoms with E-state index in [0.717, 1.165) is 5.56 Å². The molecule has 1 amide bonds. The summed E-state index contributed by atoms with van der Waals surface area (Å²) < 4.78 is 21.6. The summed E-state index contributed by atoms with van der Waals surface area (Å²) in [6, 6.07) is 7.46. The van der Waals surface area contributed by atoms with Crippen molar-refractivity contribution in [1.29, 1.82) is 0 Å². The highest BCUT2D eigenvalue weighted by molar-refractivity contribution is 5.99. The van der Waals surface area contributed by atoms with Crippen LogP contribution in [0.5, 0.6) is 23.0 Å². The van der Waals surface area contributed by atoms with E-state index in [1.807, 2.05) is 6.07 Å². The van der Waals surface area contributed by atoms with Crippen LogP contribution in [0.1, 0.15) is 35.8 Å². The fourth-order valence-electron chi connectivity index (χ4n) is 3.00. The SMILES string of the molecule is CCOc1cc([N+](=O)[O-])c(C(=O)NC(C)c2ccc3c(c2)OCCO3)cc1OC. The van der Waals surface area contributed by atoms with Crippen LogP contribution in [-0.4, -0.2) is 37.8 Å². The predicted molar refractivity (Wildman–Crippen MR) is 104 cm³/mol. The Morgan fingerprint density at radius 2 is 1.93 bits per heavy atom. The molecule has 154 valence electrons. The van der Waals surface area contributed by atoms with Gasteiger partial charge in [0.25, 0.3) is 11.6 Å². The van der Waals surface area contributed by atoms with Crippen LogP contribution in [0.15, 0.2) is 30.3 Å². The Morgan fingerprint density at radius 1 is 1.21 bits per heavy atom. The molecule has 0 radical (unpaired) electrons. The maximum Gasteiger partial charge on any atom is 0.286 e. The molecule has 0 aromatic heterocycles. The lowest BCUT2D eigenvalue weighted by molar-refractivity contribution is -0.385. The number of amides is 1. The van der Waals surface area contributed by atoms with Gasteiger partial charge in [-0.1, -0.05) is 6.07 Å². The first-order valence-corrected chi connectivity index (χ1v) is 9.14. The molecule has 1 N–H and O–H groups in total. The van der Waals surface area contributed by atoms with E-state index >= 15 is 0 Å². The summed E-state index contributed by atoms with van der Waals surface area (Å²) in [5.41, 5.74) is 0.309. The molecule has 0 saturated carbocycles. The van der Waals surface area contributed by atoms with E-state index in [1.165, 1.54) is 19.2 Å². The van der Waals surface area contributed by atoms with Crippen LogP contribution in [0.25, 0.3) is 0 Å². The zero-order valence-electron chi connectivity index (χ0n) is 16.4. The zero-order valence-corrected chi connectivity index (χ0v) is 16.4. The molecular formula is C20H22N2O7. The molecule has 0 saturated heterocycles. The van der Waals surface area contributed by atoms with Crippen molar-refractivity contribution in [3.05, 3.63) is 51.6 Å². The minimum absolute atomic E-state index is 0.111. The number of rotatable bonds is 7. The van der Waals surface area contributed by atoms with Gasteiger partial charge in [-0.05, 0) is 31.5 Å². The normalized spacial score (nSPS) is 13.3. The highest BCUT2D eigenvalue weighted by Crippen LogP contribution is 2.36. The Hall–Kier alpha value is -3.49. The van der Waals surface area contributed by atoms with Crippen molar-refractivity contribution >= 4 is 11.6 Å². The molecule has 1 atom stereocenters. The second kappa shape index (κ2) is 8.68. The van der Waals surface area contributed by atoms with E-state index in [-0.39, 0.29) is 22.7 Å². The fraction of sp³-hybridized carbons (Fsp3) is 0.350. The van der Waals surface area contributed by atoms with Crippen molar-refractivity contribution in [2.75, 3.05) is 26.9 Å². The number of carbonyl (C=O) groups excluding carboxylic acids is 1. The van der Waals surface area contributed by atoms with Crippen molar-refractivity contribution in [2.45, 2.75) is 19.9 Å². The van der Waals surface area contributed by atoms with Gasteiger partial charge in [-0.2, -0.15) is 0 Å². The lowest BCUT2D eigenvalue weighted by Crippen LogP contribution is -2.27. The largest absolute Gasteiger partial charge is 0.493 e. The second-order valence-electron chi connectivity index (χ2n) is 6.31. The minimum atomic E-state index is -0.619. The first-order valence-electron chi connectivity index (χ1n) is 9.14. The first-order chi connectivity index (χ1) is 13.9. The topological polar surface area (TPSA) is 109 Å². The summed E-state index contributed by atoms with van der Waals surface area (Å²) in [6.07, 6.45) is 0. The molecule has 1 aliphatic rings. The summed E-state index contributed by atoms with van der Waals surface area (Å²) in [7, 11) is 1.41. The molecule has 1 unspecified atom stereocenters. The second-order valence-corrected chi connectivity index (χ2v) is 6.31. The van der Waals surface area contributed by atoms with Gasteiger partial charge in [-0.25, -0.2) is 0 Å². The summed E-state index contributed by atoms with van der Waals surface area (Å²) >= 11 is 0. The van der Waals surface area contributed by atoms with Crippen molar-refractivity contribution < 1.29 is 28.7 Å². The van der Waals surface area contributed by atoms with Crippen LogP contribution < -0.4 is 24.3 Å². The van der Waals surface area contributed by atoms with Gasteiger partial charge in [0, 0.05) is 6.07 Å². The van der Waals surface area contributed by atoms with Gasteiger partial charge in [0.05, 0.1) is 30.7 Å². The van der Waals surface area contributed by atoms with Crippen LogP contribution in [-0.2, 0) is 0 Å². The average molecular weight is 402 g/mol. The van der Waals surface area contributed by atoms with Crippen LogP contribution in [0.4, 0.5) is 5.69 Å². The molecule has 1 heterocycles. The highest BCUT2D eigenvalue weighted by Gasteiger charge is 2.26. The number of ether oxygens (including phenoxy) is 4. The average Bonchev–Trinajstić information content (AvgIpc) is 2.73. The number of nitrogens with zero attached hydrogens (tertiary/aromatic N) is 1. The third-order valence-corrected chi connectivity index (χ3v) is 4.44. The Labute approximate surface area is 167 Å². The van der Waals surface area contributed by atoms with Gasteiger partial charge in [0.15, 0.2) is 23.0 Å². The lowest BCUT2D eigenvalue weighted by Gasteiger charge is -2.21. The molecular weight excluding hydrogens is 380 g/mol. The van der Waals surface area contributed by atoms with E-state index in [0.29, 0.717) is 31.3 Å². The van der Waals surface area contributed by atoms with E-state index in [9.17, 15) is 14.9 Å². The van der Waals surface area contributed by atoms with Gasteiger partial charge < -0.3 is 24.3 Å². The Bertz CT molecular complexity index is 929. The molecule has 9 nitrogen and oxygen atoms in total. The number of methoxy groups -OCH3 is 1. The summed E-state index contributed by atoms with van der Waals surface area (Å²) in [5, 5.41) is 14.3. The number of nitro groups is 1. The van der Waals surface area contributed by atoms with Gasteiger partial charge in [-0.15, -0.1) is 0 Å². The first kappa shape index (κ1) is 20.2. The van der Waals surface area contributed by atoms with Gasteiger partial charge in [0.1, 0.15) is 18.8 Å². The monoisotopic (exact) mass is 402 g/mol. The third kappa shape index (κ3) is 4.34. The molecule has 0 aliphatic carbocycles. The smallest absolute Gasteiger partial charge is 0.286 e. The number of fused-ring (bicyclic) bond motifs is 1. The van der Waals surface area contributed by atoms with Crippen LogP contribution >= 0.6 is 0 Å². The maximum absolute atomic E-state index is 12.8. The molecule has 3 rings (SSSR count).